The summed E-state index contributed by atoms with van der Waals surface area (Å²) in [6.45, 7) is 11.5. The molecule has 1 aliphatic heterocycles. The highest BCUT2D eigenvalue weighted by Crippen LogP contribution is 2.30. The molecule has 0 fully saturated rings. The zero-order valence-electron chi connectivity index (χ0n) is 19.8. The maximum absolute atomic E-state index is 14.0. The highest BCUT2D eigenvalue weighted by molar-refractivity contribution is 6.28. The Labute approximate surface area is 205 Å². The van der Waals surface area contributed by atoms with E-state index in [1.807, 2.05) is 0 Å². The maximum atomic E-state index is 14.0. The Bertz CT molecular complexity index is 1020. The molecule has 0 atom stereocenters. The fraction of sp³-hybridized carbons (Fsp3) is 0.480. The number of allylic oxidation sites excluding steroid dienone is 4. The van der Waals surface area contributed by atoms with Crippen molar-refractivity contribution in [2.24, 2.45) is 10.2 Å². The molecule has 1 aromatic heterocycles. The van der Waals surface area contributed by atoms with E-state index < -0.39 is 11.7 Å². The second-order valence-electron chi connectivity index (χ2n) is 8.58. The predicted molar refractivity (Wildman–Crippen MR) is 138 cm³/mol. The van der Waals surface area contributed by atoms with Gasteiger partial charge in [0.15, 0.2) is 5.82 Å². The minimum Gasteiger partial charge on any atom is -0.361 e. The lowest BCUT2D eigenvalue weighted by molar-refractivity contribution is 0.545. The van der Waals surface area contributed by atoms with Crippen LogP contribution in [0.3, 0.4) is 0 Å². The number of anilines is 1. The van der Waals surface area contributed by atoms with Crippen LogP contribution in [0.4, 0.5) is 14.6 Å². The fourth-order valence-electron chi connectivity index (χ4n) is 4.13. The number of nitrogens with one attached hydrogen (secondary N) is 2. The van der Waals surface area contributed by atoms with Gasteiger partial charge in [-0.15, -0.1) is 0 Å². The predicted octanol–water partition coefficient (Wildman–Crippen LogP) is 7.01. The van der Waals surface area contributed by atoms with Gasteiger partial charge in [0.05, 0.1) is 11.4 Å². The normalized spacial score (nSPS) is 15.7. The largest absolute Gasteiger partial charge is 0.361 e. The van der Waals surface area contributed by atoms with E-state index in [9.17, 15) is 8.78 Å². The average molecular weight is 491 g/mol. The molecular formula is C25H33ClF2N6. The van der Waals surface area contributed by atoms with E-state index in [0.29, 0.717) is 35.8 Å². The Morgan fingerprint density at radius 1 is 1.21 bits per heavy atom. The first-order chi connectivity index (χ1) is 16.4. The Hall–Kier alpha value is -2.74. The quantitative estimate of drug-likeness (QED) is 0.276. The van der Waals surface area contributed by atoms with E-state index in [4.69, 9.17) is 11.6 Å². The van der Waals surface area contributed by atoms with Crippen molar-refractivity contribution >= 4 is 34.5 Å². The van der Waals surface area contributed by atoms with Gasteiger partial charge in [0.1, 0.15) is 17.3 Å². The summed E-state index contributed by atoms with van der Waals surface area (Å²) >= 11 is 6.19. The molecule has 3 rings (SSSR count). The molecule has 1 aromatic rings. The molecule has 0 amide bonds. The Morgan fingerprint density at radius 2 is 1.97 bits per heavy atom. The van der Waals surface area contributed by atoms with Crippen molar-refractivity contribution < 1.29 is 8.78 Å². The molecule has 0 bridgehead atoms. The molecule has 1 aliphatic carbocycles. The molecular weight excluding hydrogens is 458 g/mol. The lowest BCUT2D eigenvalue weighted by atomic mass is 9.96. The van der Waals surface area contributed by atoms with Gasteiger partial charge in [-0.1, -0.05) is 32.9 Å². The van der Waals surface area contributed by atoms with E-state index in [1.54, 1.807) is 6.20 Å². The second kappa shape index (κ2) is 12.6. The van der Waals surface area contributed by atoms with Gasteiger partial charge in [0, 0.05) is 44.1 Å². The van der Waals surface area contributed by atoms with E-state index in [1.165, 1.54) is 0 Å². The molecule has 0 radical (unpaired) electrons. The zero-order chi connectivity index (χ0) is 24.5. The van der Waals surface area contributed by atoms with Crippen LogP contribution in [-0.4, -0.2) is 34.5 Å². The summed E-state index contributed by atoms with van der Waals surface area (Å²) in [5.74, 6) is -0.102. The van der Waals surface area contributed by atoms with Crippen molar-refractivity contribution in [2.45, 2.75) is 64.7 Å². The van der Waals surface area contributed by atoms with E-state index in [2.05, 4.69) is 50.5 Å². The fourth-order valence-corrected chi connectivity index (χ4v) is 4.30. The summed E-state index contributed by atoms with van der Waals surface area (Å²) in [5, 5.41) is 11.9. The highest BCUT2D eigenvalue weighted by atomic mass is 35.5. The summed E-state index contributed by atoms with van der Waals surface area (Å²) in [6, 6.07) is 0. The topological polar surface area (TPSA) is 68.7 Å². The summed E-state index contributed by atoms with van der Waals surface area (Å²) in [4.78, 5) is 9.82. The maximum Gasteiger partial charge on any atom is 0.202 e. The molecule has 0 saturated carbocycles. The number of halogens is 3. The second-order valence-corrected chi connectivity index (χ2v) is 8.94. The standard InChI is InChI=1S/C25H33ClF2N6/c1-4-6-7-12-34(24-23(17(3)29-5-2)30-25(26)31-24)13-8-9-20-16-21(33-32-20)14-18-10-11-19(27)15-22(18)28/h5,15,29H,2-4,6-14,16H2,1H3,(H,30,31). The van der Waals surface area contributed by atoms with Crippen LogP contribution >= 0.6 is 11.6 Å². The van der Waals surface area contributed by atoms with Crippen LogP contribution < -0.4 is 10.2 Å². The van der Waals surface area contributed by atoms with E-state index >= 15 is 0 Å². The third kappa shape index (κ3) is 7.13. The van der Waals surface area contributed by atoms with Crippen LogP contribution in [-0.2, 0) is 0 Å². The molecule has 0 unspecified atom stereocenters. The van der Waals surface area contributed by atoms with Crippen molar-refractivity contribution in [3.8, 4) is 0 Å². The SMILES string of the molecule is C=CNC(=C)c1[nH]c(Cl)nc1N(CCCCC)CCCC1=NN=C(CC2=C(F)C=C(F)CC2)C1. The molecule has 2 aliphatic rings. The molecule has 2 N–H and O–H groups in total. The number of imidazole rings is 1. The van der Waals surface area contributed by atoms with Gasteiger partial charge in [-0.25, -0.2) is 8.78 Å². The Balaban J connectivity index is 1.56. The number of aromatic nitrogens is 2. The smallest absolute Gasteiger partial charge is 0.202 e. The van der Waals surface area contributed by atoms with E-state index in [-0.39, 0.29) is 6.42 Å². The van der Waals surface area contributed by atoms with Crippen LogP contribution in [0.1, 0.15) is 70.4 Å². The molecule has 0 aromatic carbocycles. The minimum absolute atomic E-state index is 0.256. The zero-order valence-corrected chi connectivity index (χ0v) is 20.5. The van der Waals surface area contributed by atoms with E-state index in [0.717, 1.165) is 74.2 Å². The van der Waals surface area contributed by atoms with Gasteiger partial charge >= 0.3 is 0 Å². The molecule has 9 heteroatoms. The summed E-state index contributed by atoms with van der Waals surface area (Å²) in [6.07, 6.45) is 9.22. The van der Waals surface area contributed by atoms with Crippen molar-refractivity contribution in [3.63, 3.8) is 0 Å². The third-order valence-electron chi connectivity index (χ3n) is 5.90. The lowest BCUT2D eigenvalue weighted by Crippen LogP contribution is -2.28. The number of H-pyrrole nitrogens is 1. The molecule has 0 saturated heterocycles. The number of aromatic amines is 1. The summed E-state index contributed by atoms with van der Waals surface area (Å²) < 4.78 is 27.2. The first-order valence-electron chi connectivity index (χ1n) is 11.8. The van der Waals surface area contributed by atoms with Gasteiger partial charge in [0.2, 0.25) is 5.28 Å². The highest BCUT2D eigenvalue weighted by Gasteiger charge is 2.21. The number of rotatable bonds is 14. The molecule has 2 heterocycles. The number of hydrogen-bond donors (Lipinski definition) is 2. The number of unbranched alkanes of at least 4 members (excludes halogenated alkanes) is 2. The van der Waals surface area contributed by atoms with Crippen molar-refractivity contribution in [1.82, 2.24) is 15.3 Å². The minimum atomic E-state index is -0.469. The van der Waals surface area contributed by atoms with Gasteiger partial charge in [-0.2, -0.15) is 15.2 Å². The number of hydrogen-bond acceptors (Lipinski definition) is 5. The Morgan fingerprint density at radius 3 is 2.71 bits per heavy atom. The van der Waals surface area contributed by atoms with Crippen molar-refractivity contribution in [3.05, 3.63) is 53.6 Å². The van der Waals surface area contributed by atoms with Crippen molar-refractivity contribution in [2.75, 3.05) is 18.0 Å². The first kappa shape index (κ1) is 25.9. The molecule has 34 heavy (non-hydrogen) atoms. The monoisotopic (exact) mass is 490 g/mol. The molecule has 184 valence electrons. The molecule has 0 spiro atoms. The van der Waals surface area contributed by atoms with Gasteiger partial charge in [-0.05, 0) is 49.1 Å². The number of nitrogens with zero attached hydrogens (tertiary/aromatic N) is 4. The third-order valence-corrected chi connectivity index (χ3v) is 6.08. The Kier molecular flexibility index (Phi) is 9.62. The lowest BCUT2D eigenvalue weighted by Gasteiger charge is -2.24. The average Bonchev–Trinajstić information content (AvgIpc) is 3.41. The van der Waals surface area contributed by atoms with Crippen LogP contribution in [0.15, 0.2) is 52.9 Å². The summed E-state index contributed by atoms with van der Waals surface area (Å²) in [5.41, 5.74) is 3.83. The summed E-state index contributed by atoms with van der Waals surface area (Å²) in [7, 11) is 0. The van der Waals surface area contributed by atoms with Crippen LogP contribution in [0.25, 0.3) is 5.70 Å². The van der Waals surface area contributed by atoms with Crippen molar-refractivity contribution in [1.29, 1.82) is 0 Å². The molecule has 6 nitrogen and oxygen atoms in total. The van der Waals surface area contributed by atoms with Crippen LogP contribution in [0.5, 0.6) is 0 Å². The first-order valence-corrected chi connectivity index (χ1v) is 12.2. The van der Waals surface area contributed by atoms with Gasteiger partial charge < -0.3 is 15.2 Å². The van der Waals surface area contributed by atoms with Gasteiger partial charge in [0.25, 0.3) is 0 Å². The van der Waals surface area contributed by atoms with Crippen LogP contribution in [0, 0.1) is 0 Å². The van der Waals surface area contributed by atoms with Gasteiger partial charge in [-0.3, -0.25) is 0 Å². The van der Waals surface area contributed by atoms with Crippen LogP contribution in [0.2, 0.25) is 5.28 Å².